The summed E-state index contributed by atoms with van der Waals surface area (Å²) in [5.41, 5.74) is 3.21. The molecule has 0 saturated carbocycles. The van der Waals surface area contributed by atoms with Gasteiger partial charge in [-0.1, -0.05) is 42.5 Å². The Morgan fingerprint density at radius 2 is 1.73 bits per heavy atom. The number of hydrogen-bond donors (Lipinski definition) is 0. The number of para-hydroxylation sites is 1. The van der Waals surface area contributed by atoms with Gasteiger partial charge in [-0.25, -0.2) is 15.0 Å². The number of pyridine rings is 1. The summed E-state index contributed by atoms with van der Waals surface area (Å²) in [6.45, 7) is 3.04. The van der Waals surface area contributed by atoms with Crippen molar-refractivity contribution in [3.63, 3.8) is 0 Å². The lowest BCUT2D eigenvalue weighted by Crippen LogP contribution is -2.54. The van der Waals surface area contributed by atoms with Crippen LogP contribution in [0.4, 0.5) is 5.82 Å². The highest BCUT2D eigenvalue weighted by Gasteiger charge is 2.31. The van der Waals surface area contributed by atoms with Crippen molar-refractivity contribution in [2.45, 2.75) is 13.0 Å². The Morgan fingerprint density at radius 1 is 0.967 bits per heavy atom. The third kappa shape index (κ3) is 3.48. The van der Waals surface area contributed by atoms with Gasteiger partial charge in [-0.15, -0.1) is 0 Å². The third-order valence-corrected chi connectivity index (χ3v) is 5.26. The molecule has 0 amide bonds. The van der Waals surface area contributed by atoms with E-state index in [1.54, 1.807) is 31.5 Å². The zero-order chi connectivity index (χ0) is 20.5. The molecule has 1 fully saturated rings. The number of fused-ring (bicyclic) bond motifs is 1. The molecular formula is C24H20N4O2. The number of ketones is 1. The molecule has 1 aliphatic rings. The first-order valence-electron chi connectivity index (χ1n) is 9.87. The normalized spacial score (nSPS) is 13.8. The molecule has 0 bridgehead atoms. The van der Waals surface area contributed by atoms with Gasteiger partial charge in [0.15, 0.2) is 5.78 Å². The zero-order valence-corrected chi connectivity index (χ0v) is 16.5. The number of benzene rings is 2. The standard InChI is InChI=1S/C24H20N4O2/c1-16(29)17-6-8-19(9-7-17)23-24(26-13-12-25-23)30-20-14-28(15-20)22-11-10-18-4-2-3-5-21(18)27-22/h2-13,20H,14-15H2,1H3. The van der Waals surface area contributed by atoms with Crippen LogP contribution in [0.25, 0.3) is 22.2 Å². The molecule has 1 aliphatic heterocycles. The third-order valence-electron chi connectivity index (χ3n) is 5.26. The van der Waals surface area contributed by atoms with E-state index in [0.717, 1.165) is 35.4 Å². The van der Waals surface area contributed by atoms with Crippen molar-refractivity contribution in [1.82, 2.24) is 15.0 Å². The molecule has 4 aromatic rings. The van der Waals surface area contributed by atoms with Crippen molar-refractivity contribution in [1.29, 1.82) is 0 Å². The Kier molecular flexibility index (Phi) is 4.59. The van der Waals surface area contributed by atoms with Crippen LogP contribution in [0.1, 0.15) is 17.3 Å². The van der Waals surface area contributed by atoms with E-state index in [-0.39, 0.29) is 11.9 Å². The molecule has 148 valence electrons. The summed E-state index contributed by atoms with van der Waals surface area (Å²) in [4.78, 5) is 27.3. The molecule has 3 heterocycles. The topological polar surface area (TPSA) is 68.2 Å². The fourth-order valence-corrected chi connectivity index (χ4v) is 3.56. The Morgan fingerprint density at radius 3 is 2.53 bits per heavy atom. The number of ether oxygens (including phenoxy) is 1. The van der Waals surface area contributed by atoms with Crippen molar-refractivity contribution in [3.05, 3.63) is 78.6 Å². The monoisotopic (exact) mass is 396 g/mol. The predicted octanol–water partition coefficient (Wildman–Crippen LogP) is 4.16. The van der Waals surface area contributed by atoms with Crippen molar-refractivity contribution in [2.75, 3.05) is 18.0 Å². The van der Waals surface area contributed by atoms with Crippen molar-refractivity contribution >= 4 is 22.5 Å². The first-order valence-corrected chi connectivity index (χ1v) is 9.87. The van der Waals surface area contributed by atoms with Crippen LogP contribution < -0.4 is 9.64 Å². The van der Waals surface area contributed by atoms with Gasteiger partial charge in [0.1, 0.15) is 17.6 Å². The van der Waals surface area contributed by atoms with Crippen LogP contribution in [0.2, 0.25) is 0 Å². The zero-order valence-electron chi connectivity index (χ0n) is 16.5. The maximum absolute atomic E-state index is 11.5. The summed E-state index contributed by atoms with van der Waals surface area (Å²) in [5.74, 6) is 1.49. The lowest BCUT2D eigenvalue weighted by atomic mass is 10.1. The predicted molar refractivity (Wildman–Crippen MR) is 116 cm³/mol. The molecule has 5 rings (SSSR count). The number of Topliss-reactive ketones (excluding diaryl/α,β-unsaturated/α-hetero) is 1. The van der Waals surface area contributed by atoms with Crippen LogP contribution in [0.3, 0.4) is 0 Å². The van der Waals surface area contributed by atoms with E-state index >= 15 is 0 Å². The van der Waals surface area contributed by atoms with Crippen LogP contribution in [-0.4, -0.2) is 39.9 Å². The van der Waals surface area contributed by atoms with Crippen molar-refractivity contribution in [3.8, 4) is 17.1 Å². The van der Waals surface area contributed by atoms with E-state index in [1.165, 1.54) is 0 Å². The molecule has 0 unspecified atom stereocenters. The first kappa shape index (κ1) is 18.2. The molecule has 0 N–H and O–H groups in total. The first-order chi connectivity index (χ1) is 14.7. The SMILES string of the molecule is CC(=O)c1ccc(-c2nccnc2OC2CN(c3ccc4ccccc4n3)C2)cc1. The van der Waals surface area contributed by atoms with E-state index in [1.807, 2.05) is 36.4 Å². The molecule has 0 spiro atoms. The van der Waals surface area contributed by atoms with Gasteiger partial charge in [-0.05, 0) is 25.1 Å². The maximum atomic E-state index is 11.5. The number of anilines is 1. The molecule has 6 heteroatoms. The Labute approximate surface area is 174 Å². The van der Waals surface area contributed by atoms with Crippen LogP contribution in [0.5, 0.6) is 5.88 Å². The summed E-state index contributed by atoms with van der Waals surface area (Å²) >= 11 is 0. The highest BCUT2D eigenvalue weighted by atomic mass is 16.5. The van der Waals surface area contributed by atoms with Gasteiger partial charge in [0.2, 0.25) is 5.88 Å². The van der Waals surface area contributed by atoms with E-state index in [4.69, 9.17) is 9.72 Å². The summed E-state index contributed by atoms with van der Waals surface area (Å²) in [7, 11) is 0. The maximum Gasteiger partial charge on any atom is 0.240 e. The number of carbonyl (C=O) groups excluding carboxylic acids is 1. The van der Waals surface area contributed by atoms with Gasteiger partial charge >= 0.3 is 0 Å². The lowest BCUT2D eigenvalue weighted by Gasteiger charge is -2.39. The Hall–Kier alpha value is -3.80. The summed E-state index contributed by atoms with van der Waals surface area (Å²) in [5, 5.41) is 1.13. The average molecular weight is 396 g/mol. The molecule has 2 aromatic carbocycles. The number of aromatic nitrogens is 3. The smallest absolute Gasteiger partial charge is 0.240 e. The molecule has 0 radical (unpaired) electrons. The lowest BCUT2D eigenvalue weighted by molar-refractivity contribution is 0.101. The molecule has 0 aliphatic carbocycles. The second-order valence-electron chi connectivity index (χ2n) is 7.35. The number of hydrogen-bond acceptors (Lipinski definition) is 6. The minimum atomic E-state index is 0.0187. The summed E-state index contributed by atoms with van der Waals surface area (Å²) in [6, 6.07) is 19.6. The Bertz CT molecular complexity index is 1220. The highest BCUT2D eigenvalue weighted by Crippen LogP contribution is 2.29. The van der Waals surface area contributed by atoms with Crippen LogP contribution in [0.15, 0.2) is 73.1 Å². The van der Waals surface area contributed by atoms with E-state index in [0.29, 0.717) is 17.1 Å². The fourth-order valence-electron chi connectivity index (χ4n) is 3.56. The second kappa shape index (κ2) is 7.55. The minimum Gasteiger partial charge on any atom is -0.469 e. The van der Waals surface area contributed by atoms with Gasteiger partial charge in [0, 0.05) is 28.9 Å². The van der Waals surface area contributed by atoms with Crippen LogP contribution >= 0.6 is 0 Å². The average Bonchev–Trinajstić information content (AvgIpc) is 2.76. The minimum absolute atomic E-state index is 0.0187. The van der Waals surface area contributed by atoms with E-state index < -0.39 is 0 Å². The molecule has 30 heavy (non-hydrogen) atoms. The molecule has 6 nitrogen and oxygen atoms in total. The summed E-state index contributed by atoms with van der Waals surface area (Å²) in [6.07, 6.45) is 3.29. The number of nitrogens with zero attached hydrogens (tertiary/aromatic N) is 4. The molecular weight excluding hydrogens is 376 g/mol. The fraction of sp³-hybridized carbons (Fsp3) is 0.167. The van der Waals surface area contributed by atoms with Crippen LogP contribution in [0, 0.1) is 0 Å². The van der Waals surface area contributed by atoms with Crippen molar-refractivity contribution < 1.29 is 9.53 Å². The molecule has 1 saturated heterocycles. The molecule has 0 atom stereocenters. The largest absolute Gasteiger partial charge is 0.469 e. The van der Waals surface area contributed by atoms with Gasteiger partial charge in [0.25, 0.3) is 0 Å². The second-order valence-corrected chi connectivity index (χ2v) is 7.35. The van der Waals surface area contributed by atoms with Gasteiger partial charge in [-0.3, -0.25) is 4.79 Å². The quantitative estimate of drug-likeness (QED) is 0.472. The summed E-state index contributed by atoms with van der Waals surface area (Å²) < 4.78 is 6.14. The van der Waals surface area contributed by atoms with E-state index in [2.05, 4.69) is 27.0 Å². The van der Waals surface area contributed by atoms with Gasteiger partial charge in [0.05, 0.1) is 18.6 Å². The number of rotatable bonds is 5. The Balaban J connectivity index is 1.30. The highest BCUT2D eigenvalue weighted by molar-refractivity contribution is 5.94. The van der Waals surface area contributed by atoms with Gasteiger partial charge < -0.3 is 9.64 Å². The number of carbonyl (C=O) groups is 1. The van der Waals surface area contributed by atoms with Gasteiger partial charge in [-0.2, -0.15) is 0 Å². The van der Waals surface area contributed by atoms with Crippen LogP contribution in [-0.2, 0) is 0 Å². The molecule has 2 aromatic heterocycles. The van der Waals surface area contributed by atoms with Crippen molar-refractivity contribution in [2.24, 2.45) is 0 Å². The van der Waals surface area contributed by atoms with E-state index in [9.17, 15) is 4.79 Å².